The van der Waals surface area contributed by atoms with Gasteiger partial charge in [0.15, 0.2) is 0 Å². The minimum Gasteiger partial charge on any atom is -0.466 e. The van der Waals surface area contributed by atoms with Crippen LogP contribution in [0.25, 0.3) is 0 Å². The quantitative estimate of drug-likeness (QED) is 0.805. The molecule has 2 saturated heterocycles. The summed E-state index contributed by atoms with van der Waals surface area (Å²) in [6.45, 7) is 5.86. The second-order valence-corrected chi connectivity index (χ2v) is 6.67. The summed E-state index contributed by atoms with van der Waals surface area (Å²) in [6, 6.07) is 6.84. The fourth-order valence-corrected chi connectivity index (χ4v) is 3.74. The summed E-state index contributed by atoms with van der Waals surface area (Å²) in [7, 11) is 0. The Labute approximate surface area is 142 Å². The van der Waals surface area contributed by atoms with Gasteiger partial charge in [0.1, 0.15) is 5.82 Å². The molecule has 2 aliphatic rings. The molecule has 3 rings (SSSR count). The van der Waals surface area contributed by atoms with Gasteiger partial charge in [-0.2, -0.15) is 0 Å². The third-order valence-corrected chi connectivity index (χ3v) is 4.94. The van der Waals surface area contributed by atoms with Crippen LogP contribution in [0, 0.1) is 17.7 Å². The van der Waals surface area contributed by atoms with Gasteiger partial charge in [0.2, 0.25) is 0 Å². The lowest BCUT2D eigenvalue weighted by molar-refractivity contribution is -0.150. The van der Waals surface area contributed by atoms with Crippen molar-refractivity contribution in [1.82, 2.24) is 15.8 Å². The molecule has 3 unspecified atom stereocenters. The van der Waals surface area contributed by atoms with Gasteiger partial charge < -0.3 is 9.64 Å². The lowest BCUT2D eigenvalue weighted by atomic mass is 9.92. The van der Waals surface area contributed by atoms with Crippen LogP contribution in [0.15, 0.2) is 24.3 Å². The number of nitrogens with one attached hydrogen (secondary N) is 2. The molecule has 1 aromatic rings. The smallest absolute Gasteiger partial charge is 0.310 e. The number of carbonyl (C=O) groups excluding carboxylic acids is 1. The van der Waals surface area contributed by atoms with Crippen molar-refractivity contribution < 1.29 is 13.9 Å². The predicted octanol–water partition coefficient (Wildman–Crippen LogP) is 1.87. The fraction of sp³-hybridized carbons (Fsp3) is 0.611. The summed E-state index contributed by atoms with van der Waals surface area (Å²) in [5.41, 5.74) is 7.60. The minimum atomic E-state index is -0.213. The predicted molar refractivity (Wildman–Crippen MR) is 89.6 cm³/mol. The highest BCUT2D eigenvalue weighted by Gasteiger charge is 2.33. The van der Waals surface area contributed by atoms with Gasteiger partial charge >= 0.3 is 5.97 Å². The van der Waals surface area contributed by atoms with E-state index in [1.54, 1.807) is 0 Å². The van der Waals surface area contributed by atoms with Crippen molar-refractivity contribution in [3.8, 4) is 0 Å². The Kier molecular flexibility index (Phi) is 5.81. The van der Waals surface area contributed by atoms with Crippen molar-refractivity contribution in [2.45, 2.75) is 25.8 Å². The van der Waals surface area contributed by atoms with Crippen molar-refractivity contribution in [3.05, 3.63) is 35.6 Å². The molecule has 0 radical (unpaired) electrons. The number of hydrogen-bond acceptors (Lipinski definition) is 5. The van der Waals surface area contributed by atoms with Crippen molar-refractivity contribution in [1.29, 1.82) is 0 Å². The number of hydrogen-bond donors (Lipinski definition) is 2. The second-order valence-electron chi connectivity index (χ2n) is 6.67. The highest BCUT2D eigenvalue weighted by Crippen LogP contribution is 2.27. The number of likely N-dealkylation sites (tertiary alicyclic amines) is 1. The number of halogens is 1. The topological polar surface area (TPSA) is 53.6 Å². The summed E-state index contributed by atoms with van der Waals surface area (Å²) >= 11 is 0. The van der Waals surface area contributed by atoms with E-state index in [0.717, 1.165) is 44.6 Å². The molecule has 0 aliphatic carbocycles. The second kappa shape index (κ2) is 8.05. The first-order valence-corrected chi connectivity index (χ1v) is 8.80. The van der Waals surface area contributed by atoms with E-state index in [1.807, 2.05) is 19.1 Å². The number of piperidine rings is 1. The van der Waals surface area contributed by atoms with Crippen LogP contribution in [0.2, 0.25) is 0 Å². The van der Waals surface area contributed by atoms with Gasteiger partial charge in [-0.25, -0.2) is 9.82 Å². The zero-order chi connectivity index (χ0) is 16.9. The maximum absolute atomic E-state index is 13.1. The van der Waals surface area contributed by atoms with E-state index in [4.69, 9.17) is 4.74 Å². The standard InChI is InChI=1S/C18H26FN3O2/c1-2-24-18(23)14-4-3-9-22(11-14)12-15-10-20-21-17(15)13-5-7-16(19)8-6-13/h5-8,14-15,17,20-21H,2-4,9-12H2,1H3. The molecule has 0 spiro atoms. The van der Waals surface area contributed by atoms with Gasteiger partial charge in [-0.15, -0.1) is 0 Å². The molecular formula is C18H26FN3O2. The molecule has 0 aromatic heterocycles. The van der Waals surface area contributed by atoms with Crippen LogP contribution in [0.1, 0.15) is 31.4 Å². The number of benzene rings is 1. The van der Waals surface area contributed by atoms with Crippen LogP contribution in [-0.2, 0) is 9.53 Å². The van der Waals surface area contributed by atoms with Crippen LogP contribution < -0.4 is 10.9 Å². The number of ether oxygens (including phenoxy) is 1. The van der Waals surface area contributed by atoms with Gasteiger partial charge in [-0.05, 0) is 44.0 Å². The first-order chi connectivity index (χ1) is 11.7. The van der Waals surface area contributed by atoms with Gasteiger partial charge in [0.05, 0.1) is 18.6 Å². The Bertz CT molecular complexity index is 552. The summed E-state index contributed by atoms with van der Waals surface area (Å²) in [4.78, 5) is 14.4. The molecule has 24 heavy (non-hydrogen) atoms. The van der Waals surface area contributed by atoms with Crippen LogP contribution in [0.3, 0.4) is 0 Å². The molecule has 0 saturated carbocycles. The maximum Gasteiger partial charge on any atom is 0.310 e. The van der Waals surface area contributed by atoms with E-state index in [0.29, 0.717) is 12.5 Å². The average Bonchev–Trinajstić information content (AvgIpc) is 3.04. The zero-order valence-corrected chi connectivity index (χ0v) is 14.1. The number of esters is 1. The van der Waals surface area contributed by atoms with Crippen LogP contribution in [-0.4, -0.2) is 43.7 Å². The number of hydrazine groups is 1. The number of rotatable bonds is 5. The van der Waals surface area contributed by atoms with Gasteiger partial charge in [-0.1, -0.05) is 12.1 Å². The average molecular weight is 335 g/mol. The van der Waals surface area contributed by atoms with Crippen molar-refractivity contribution in [3.63, 3.8) is 0 Å². The van der Waals surface area contributed by atoms with Crippen molar-refractivity contribution in [2.75, 3.05) is 32.8 Å². The van der Waals surface area contributed by atoms with E-state index >= 15 is 0 Å². The molecule has 2 aliphatic heterocycles. The molecule has 2 N–H and O–H groups in total. The lowest BCUT2D eigenvalue weighted by Crippen LogP contribution is -2.42. The molecule has 5 nitrogen and oxygen atoms in total. The van der Waals surface area contributed by atoms with Crippen LogP contribution in [0.4, 0.5) is 4.39 Å². The summed E-state index contributed by atoms with van der Waals surface area (Å²) in [6.07, 6.45) is 1.94. The van der Waals surface area contributed by atoms with E-state index < -0.39 is 0 Å². The minimum absolute atomic E-state index is 0.00899. The molecule has 0 bridgehead atoms. The Balaban J connectivity index is 1.60. The Hall–Kier alpha value is -1.50. The molecule has 6 heteroatoms. The summed E-state index contributed by atoms with van der Waals surface area (Å²) < 4.78 is 18.3. The Morgan fingerprint density at radius 1 is 1.38 bits per heavy atom. The van der Waals surface area contributed by atoms with E-state index in [9.17, 15) is 9.18 Å². The molecule has 0 amide bonds. The van der Waals surface area contributed by atoms with Gasteiger partial charge in [0, 0.05) is 25.6 Å². The summed E-state index contributed by atoms with van der Waals surface area (Å²) in [5, 5.41) is 0. The first-order valence-electron chi connectivity index (χ1n) is 8.80. The molecule has 2 fully saturated rings. The maximum atomic E-state index is 13.1. The fourth-order valence-electron chi connectivity index (χ4n) is 3.74. The summed E-state index contributed by atoms with van der Waals surface area (Å²) in [5.74, 6) is 0.0937. The highest BCUT2D eigenvalue weighted by atomic mass is 19.1. The van der Waals surface area contributed by atoms with Gasteiger partial charge in [-0.3, -0.25) is 10.2 Å². The largest absolute Gasteiger partial charge is 0.466 e. The van der Waals surface area contributed by atoms with Gasteiger partial charge in [0.25, 0.3) is 0 Å². The monoisotopic (exact) mass is 335 g/mol. The Morgan fingerprint density at radius 2 is 2.17 bits per heavy atom. The van der Waals surface area contributed by atoms with E-state index in [1.165, 1.54) is 12.1 Å². The SMILES string of the molecule is CCOC(=O)C1CCCN(CC2CNNC2c2ccc(F)cc2)C1. The van der Waals surface area contributed by atoms with Crippen LogP contribution >= 0.6 is 0 Å². The lowest BCUT2D eigenvalue weighted by Gasteiger charge is -2.34. The first kappa shape index (κ1) is 17.3. The molecular weight excluding hydrogens is 309 g/mol. The third kappa shape index (κ3) is 4.12. The normalized spacial score (nSPS) is 28.0. The van der Waals surface area contributed by atoms with Crippen molar-refractivity contribution in [2.24, 2.45) is 11.8 Å². The molecule has 2 heterocycles. The van der Waals surface area contributed by atoms with Crippen LogP contribution in [0.5, 0.6) is 0 Å². The molecule has 1 aromatic carbocycles. The van der Waals surface area contributed by atoms with E-state index in [-0.39, 0.29) is 23.7 Å². The zero-order valence-electron chi connectivity index (χ0n) is 14.1. The highest BCUT2D eigenvalue weighted by molar-refractivity contribution is 5.72. The Morgan fingerprint density at radius 3 is 2.92 bits per heavy atom. The number of nitrogens with zero attached hydrogens (tertiary/aromatic N) is 1. The van der Waals surface area contributed by atoms with E-state index in [2.05, 4.69) is 15.8 Å². The number of carbonyl (C=O) groups is 1. The molecule has 132 valence electrons. The van der Waals surface area contributed by atoms with Crippen molar-refractivity contribution >= 4 is 5.97 Å². The molecule has 3 atom stereocenters. The third-order valence-electron chi connectivity index (χ3n) is 4.94.